The summed E-state index contributed by atoms with van der Waals surface area (Å²) in [5, 5.41) is 8.77. The Morgan fingerprint density at radius 2 is 2.40 bits per heavy atom. The number of rotatable bonds is 2. The number of fused-ring (bicyclic) bond motifs is 1. The molecule has 80 valence electrons. The Labute approximate surface area is 87.7 Å². The third-order valence-corrected chi connectivity index (χ3v) is 2.70. The largest absolute Gasteiger partial charge is 0.490 e. The molecular weight excluding hydrogens is 194 g/mol. The quantitative estimate of drug-likeness (QED) is 0.721. The van der Waals surface area contributed by atoms with Gasteiger partial charge in [0, 0.05) is 11.5 Å². The number of ether oxygens (including phenoxy) is 1. The molecular formula is C11H13NO3. The summed E-state index contributed by atoms with van der Waals surface area (Å²) in [6, 6.07) is 3.69. The van der Waals surface area contributed by atoms with E-state index < -0.39 is 5.97 Å². The highest BCUT2D eigenvalue weighted by Crippen LogP contribution is 2.41. The molecule has 0 fully saturated rings. The van der Waals surface area contributed by atoms with Crippen LogP contribution in [0.5, 0.6) is 5.75 Å². The van der Waals surface area contributed by atoms with Crippen molar-refractivity contribution in [2.45, 2.75) is 19.3 Å². The molecule has 1 unspecified atom stereocenters. The Kier molecular flexibility index (Phi) is 2.26. The molecule has 15 heavy (non-hydrogen) atoms. The number of aryl methyl sites for hydroxylation is 1. The summed E-state index contributed by atoms with van der Waals surface area (Å²) in [5.74, 6) is -0.208. The van der Waals surface area contributed by atoms with Crippen LogP contribution >= 0.6 is 0 Å². The van der Waals surface area contributed by atoms with Crippen LogP contribution in [0.15, 0.2) is 12.1 Å². The number of hydrogen-bond donors (Lipinski definition) is 2. The van der Waals surface area contributed by atoms with E-state index in [2.05, 4.69) is 0 Å². The van der Waals surface area contributed by atoms with Crippen molar-refractivity contribution in [3.8, 4) is 5.75 Å². The van der Waals surface area contributed by atoms with Crippen molar-refractivity contribution in [2.24, 2.45) is 0 Å². The minimum atomic E-state index is -0.807. The maximum absolute atomic E-state index is 10.7. The zero-order chi connectivity index (χ0) is 11.0. The number of carboxylic acid groups (broad SMARTS) is 1. The second-order valence-corrected chi connectivity index (χ2v) is 3.82. The molecule has 1 heterocycles. The van der Waals surface area contributed by atoms with Crippen molar-refractivity contribution in [3.05, 3.63) is 23.3 Å². The summed E-state index contributed by atoms with van der Waals surface area (Å²) in [7, 11) is 0. The lowest BCUT2D eigenvalue weighted by atomic mass is 9.93. The molecule has 1 aliphatic heterocycles. The molecule has 1 aromatic rings. The van der Waals surface area contributed by atoms with Crippen molar-refractivity contribution >= 4 is 11.7 Å². The van der Waals surface area contributed by atoms with Crippen LogP contribution in [0.3, 0.4) is 0 Å². The van der Waals surface area contributed by atoms with Crippen LogP contribution in [0.1, 0.15) is 23.5 Å². The molecule has 0 radical (unpaired) electrons. The number of anilines is 1. The average molecular weight is 207 g/mol. The van der Waals surface area contributed by atoms with Crippen molar-refractivity contribution in [1.29, 1.82) is 0 Å². The first-order valence-corrected chi connectivity index (χ1v) is 4.83. The normalized spacial score (nSPS) is 18.3. The highest BCUT2D eigenvalue weighted by atomic mass is 16.5. The monoisotopic (exact) mass is 207 g/mol. The molecule has 1 aromatic carbocycles. The van der Waals surface area contributed by atoms with Crippen molar-refractivity contribution in [2.75, 3.05) is 12.3 Å². The van der Waals surface area contributed by atoms with E-state index in [1.807, 2.05) is 13.0 Å². The van der Waals surface area contributed by atoms with E-state index >= 15 is 0 Å². The standard InChI is InChI=1S/C11H13NO3/c1-6-2-3-8(12)11-10(6)7(5-15-11)4-9(13)14/h2-3,7H,4-5,12H2,1H3,(H,13,14). The van der Waals surface area contributed by atoms with Crippen LogP contribution < -0.4 is 10.5 Å². The zero-order valence-electron chi connectivity index (χ0n) is 8.49. The van der Waals surface area contributed by atoms with Crippen molar-refractivity contribution in [1.82, 2.24) is 0 Å². The maximum atomic E-state index is 10.7. The van der Waals surface area contributed by atoms with Crippen molar-refractivity contribution in [3.63, 3.8) is 0 Å². The number of nitrogens with two attached hydrogens (primary N) is 1. The lowest BCUT2D eigenvalue weighted by Crippen LogP contribution is -2.08. The van der Waals surface area contributed by atoms with Gasteiger partial charge in [0.25, 0.3) is 0 Å². The molecule has 4 nitrogen and oxygen atoms in total. The summed E-state index contributed by atoms with van der Waals surface area (Å²) in [6.45, 7) is 2.36. The van der Waals surface area contributed by atoms with E-state index in [1.54, 1.807) is 6.07 Å². The fraction of sp³-hybridized carbons (Fsp3) is 0.364. The number of carboxylic acids is 1. The number of benzene rings is 1. The predicted octanol–water partition coefficient (Wildman–Crippen LogP) is 1.53. The number of hydrogen-bond acceptors (Lipinski definition) is 3. The van der Waals surface area contributed by atoms with E-state index in [9.17, 15) is 4.79 Å². The van der Waals surface area contributed by atoms with Gasteiger partial charge in [-0.2, -0.15) is 0 Å². The molecule has 0 spiro atoms. The molecule has 2 rings (SSSR count). The third kappa shape index (κ3) is 1.63. The van der Waals surface area contributed by atoms with Gasteiger partial charge in [-0.1, -0.05) is 6.07 Å². The van der Waals surface area contributed by atoms with Crippen LogP contribution in [0.4, 0.5) is 5.69 Å². The Bertz CT molecular complexity index is 415. The van der Waals surface area contributed by atoms with E-state index in [1.165, 1.54) is 0 Å². The van der Waals surface area contributed by atoms with Gasteiger partial charge >= 0.3 is 5.97 Å². The summed E-state index contributed by atoms with van der Waals surface area (Å²) in [6.07, 6.45) is 0.0945. The molecule has 1 atom stereocenters. The van der Waals surface area contributed by atoms with Crippen LogP contribution in [0.2, 0.25) is 0 Å². The van der Waals surface area contributed by atoms with Gasteiger partial charge in [0.2, 0.25) is 0 Å². The van der Waals surface area contributed by atoms with Gasteiger partial charge in [0.1, 0.15) is 5.75 Å². The summed E-state index contributed by atoms with van der Waals surface area (Å²) in [5.41, 5.74) is 8.35. The Balaban J connectivity index is 2.41. The van der Waals surface area contributed by atoms with E-state index in [0.29, 0.717) is 18.0 Å². The van der Waals surface area contributed by atoms with Gasteiger partial charge in [-0.3, -0.25) is 4.79 Å². The maximum Gasteiger partial charge on any atom is 0.304 e. The van der Waals surface area contributed by atoms with Crippen LogP contribution in [0.25, 0.3) is 0 Å². The topological polar surface area (TPSA) is 72.6 Å². The minimum absolute atomic E-state index is 0.0685. The van der Waals surface area contributed by atoms with Gasteiger partial charge in [-0.15, -0.1) is 0 Å². The predicted molar refractivity (Wildman–Crippen MR) is 56.1 cm³/mol. The first kappa shape index (κ1) is 9.83. The Morgan fingerprint density at radius 3 is 3.07 bits per heavy atom. The molecule has 3 N–H and O–H groups in total. The van der Waals surface area contributed by atoms with Gasteiger partial charge in [0.05, 0.1) is 18.7 Å². The lowest BCUT2D eigenvalue weighted by Gasteiger charge is -2.09. The van der Waals surface area contributed by atoms with Crippen LogP contribution in [-0.2, 0) is 4.79 Å². The fourth-order valence-electron chi connectivity index (χ4n) is 2.02. The van der Waals surface area contributed by atoms with Crippen LogP contribution in [-0.4, -0.2) is 17.7 Å². The van der Waals surface area contributed by atoms with Gasteiger partial charge < -0.3 is 15.6 Å². The second kappa shape index (κ2) is 3.46. The molecule has 0 saturated heterocycles. The SMILES string of the molecule is Cc1ccc(N)c2c1C(CC(=O)O)CO2. The Hall–Kier alpha value is -1.71. The lowest BCUT2D eigenvalue weighted by molar-refractivity contribution is -0.137. The summed E-state index contributed by atoms with van der Waals surface area (Å²) < 4.78 is 5.44. The van der Waals surface area contributed by atoms with E-state index in [-0.39, 0.29) is 12.3 Å². The molecule has 0 amide bonds. The molecule has 0 bridgehead atoms. The van der Waals surface area contributed by atoms with Gasteiger partial charge in [-0.05, 0) is 18.6 Å². The molecule has 0 saturated carbocycles. The summed E-state index contributed by atoms with van der Waals surface area (Å²) in [4.78, 5) is 10.7. The number of carbonyl (C=O) groups is 1. The molecule has 0 aliphatic carbocycles. The van der Waals surface area contributed by atoms with Crippen molar-refractivity contribution < 1.29 is 14.6 Å². The molecule has 1 aliphatic rings. The third-order valence-electron chi connectivity index (χ3n) is 2.70. The highest BCUT2D eigenvalue weighted by molar-refractivity contribution is 5.70. The van der Waals surface area contributed by atoms with E-state index in [4.69, 9.17) is 15.6 Å². The Morgan fingerprint density at radius 1 is 1.67 bits per heavy atom. The van der Waals surface area contributed by atoms with E-state index in [0.717, 1.165) is 11.1 Å². The fourth-order valence-corrected chi connectivity index (χ4v) is 2.02. The second-order valence-electron chi connectivity index (χ2n) is 3.82. The first-order valence-electron chi connectivity index (χ1n) is 4.83. The average Bonchev–Trinajstić information content (AvgIpc) is 2.56. The van der Waals surface area contributed by atoms with Gasteiger partial charge in [0.15, 0.2) is 0 Å². The number of aliphatic carboxylic acids is 1. The van der Waals surface area contributed by atoms with Crippen LogP contribution in [0, 0.1) is 6.92 Å². The van der Waals surface area contributed by atoms with Gasteiger partial charge in [-0.25, -0.2) is 0 Å². The smallest absolute Gasteiger partial charge is 0.304 e. The zero-order valence-corrected chi connectivity index (χ0v) is 8.49. The summed E-state index contributed by atoms with van der Waals surface area (Å²) >= 11 is 0. The minimum Gasteiger partial charge on any atom is -0.490 e. The highest BCUT2D eigenvalue weighted by Gasteiger charge is 2.29. The first-order chi connectivity index (χ1) is 7.09. The molecule has 0 aromatic heterocycles. The molecule has 4 heteroatoms. The number of nitrogen functional groups attached to an aromatic ring is 1.